The molecule has 1 saturated carbocycles. The second-order valence-corrected chi connectivity index (χ2v) is 5.37. The van der Waals surface area contributed by atoms with Gasteiger partial charge < -0.3 is 9.47 Å². The van der Waals surface area contributed by atoms with Crippen molar-refractivity contribution < 1.29 is 18.8 Å². The van der Waals surface area contributed by atoms with Crippen LogP contribution in [0, 0.1) is 15.9 Å². The third-order valence-electron chi connectivity index (χ3n) is 2.94. The molecule has 1 aliphatic carbocycles. The van der Waals surface area contributed by atoms with Crippen LogP contribution in [0.3, 0.4) is 0 Å². The third kappa shape index (κ3) is 3.03. The number of alkyl halides is 1. The molecule has 1 aromatic rings. The number of benzene rings is 1. The van der Waals surface area contributed by atoms with Gasteiger partial charge in [0, 0.05) is 17.9 Å². The van der Waals surface area contributed by atoms with Gasteiger partial charge in [0.1, 0.15) is 18.0 Å². The molecule has 0 saturated heterocycles. The van der Waals surface area contributed by atoms with Gasteiger partial charge >= 0.3 is 5.69 Å². The van der Waals surface area contributed by atoms with Crippen molar-refractivity contribution in [2.45, 2.75) is 30.4 Å². The average Bonchev–Trinajstić information content (AvgIpc) is 2.37. The molecular weight excluding hydrogens is 321 g/mol. The van der Waals surface area contributed by atoms with E-state index in [0.717, 1.165) is 12.1 Å². The van der Waals surface area contributed by atoms with Crippen molar-refractivity contribution in [3.63, 3.8) is 0 Å². The molecule has 1 aliphatic rings. The number of halogens is 2. The monoisotopic (exact) mass is 333 g/mol. The van der Waals surface area contributed by atoms with Crippen molar-refractivity contribution in [1.82, 2.24) is 0 Å². The zero-order valence-corrected chi connectivity index (χ0v) is 11.8. The molecule has 0 radical (unpaired) electrons. The highest BCUT2D eigenvalue weighted by Gasteiger charge is 2.43. The smallest absolute Gasteiger partial charge is 0.313 e. The molecule has 1 fully saturated rings. The minimum Gasteiger partial charge on any atom is -0.481 e. The van der Waals surface area contributed by atoms with Crippen LogP contribution in [0.2, 0.25) is 0 Å². The Kier molecular flexibility index (Phi) is 4.36. The molecule has 1 aromatic carbocycles. The van der Waals surface area contributed by atoms with E-state index >= 15 is 0 Å². The van der Waals surface area contributed by atoms with Crippen molar-refractivity contribution >= 4 is 21.6 Å². The number of hydrogen-bond acceptors (Lipinski definition) is 4. The van der Waals surface area contributed by atoms with Crippen LogP contribution in [-0.2, 0) is 4.74 Å². The Labute approximate surface area is 118 Å². The first-order valence-corrected chi connectivity index (χ1v) is 6.80. The highest BCUT2D eigenvalue weighted by Crippen LogP contribution is 2.37. The van der Waals surface area contributed by atoms with Gasteiger partial charge in [-0.1, -0.05) is 15.9 Å². The highest BCUT2D eigenvalue weighted by molar-refractivity contribution is 9.09. The number of nitro groups is 1. The van der Waals surface area contributed by atoms with E-state index in [9.17, 15) is 14.5 Å². The minimum absolute atomic E-state index is 0.0699. The second kappa shape index (κ2) is 5.83. The summed E-state index contributed by atoms with van der Waals surface area (Å²) in [4.78, 5) is 10.4. The highest BCUT2D eigenvalue weighted by atomic mass is 79.9. The molecule has 0 aromatic heterocycles. The van der Waals surface area contributed by atoms with Crippen molar-refractivity contribution in [2.24, 2.45) is 0 Å². The first-order chi connectivity index (χ1) is 9.02. The molecule has 0 heterocycles. The lowest BCUT2D eigenvalue weighted by Crippen LogP contribution is -2.52. The molecule has 0 aliphatic heterocycles. The largest absolute Gasteiger partial charge is 0.481 e. The summed E-state index contributed by atoms with van der Waals surface area (Å²) < 4.78 is 24.1. The number of nitro benzene ring substituents is 1. The van der Waals surface area contributed by atoms with Crippen LogP contribution in [0.5, 0.6) is 5.75 Å². The summed E-state index contributed by atoms with van der Waals surface area (Å²) in [5.74, 6) is -0.590. The van der Waals surface area contributed by atoms with E-state index < -0.39 is 10.7 Å². The van der Waals surface area contributed by atoms with Gasteiger partial charge in [-0.2, -0.15) is 0 Å². The number of ether oxygens (including phenoxy) is 2. The summed E-state index contributed by atoms with van der Waals surface area (Å²) >= 11 is 3.44. The Balaban J connectivity index is 2.13. The van der Waals surface area contributed by atoms with E-state index in [1.165, 1.54) is 6.07 Å². The number of hydrogen-bond donors (Lipinski definition) is 0. The molecular formula is C12H13BrFNO4. The van der Waals surface area contributed by atoms with Gasteiger partial charge in [0.25, 0.3) is 0 Å². The van der Waals surface area contributed by atoms with E-state index in [-0.39, 0.29) is 28.5 Å². The first-order valence-electron chi connectivity index (χ1n) is 5.89. The van der Waals surface area contributed by atoms with Crippen LogP contribution in [-0.4, -0.2) is 28.6 Å². The van der Waals surface area contributed by atoms with Crippen molar-refractivity contribution in [1.29, 1.82) is 0 Å². The van der Waals surface area contributed by atoms with Gasteiger partial charge in [-0.25, -0.2) is 4.39 Å². The van der Waals surface area contributed by atoms with Crippen molar-refractivity contribution in [3.8, 4) is 5.75 Å². The zero-order valence-electron chi connectivity index (χ0n) is 10.2. The molecule has 7 heteroatoms. The predicted octanol–water partition coefficient (Wildman–Crippen LogP) is 3.05. The summed E-state index contributed by atoms with van der Waals surface area (Å²) in [7, 11) is 0. The van der Waals surface area contributed by atoms with E-state index in [1.807, 2.05) is 6.92 Å². The molecule has 0 bridgehead atoms. The van der Waals surface area contributed by atoms with Crippen molar-refractivity contribution in [3.05, 3.63) is 34.1 Å². The molecule has 2 rings (SSSR count). The fraction of sp³-hybridized carbons (Fsp3) is 0.500. The van der Waals surface area contributed by atoms with Gasteiger partial charge in [-0.05, 0) is 19.1 Å². The summed E-state index contributed by atoms with van der Waals surface area (Å²) in [6, 6.07) is 3.27. The normalized spacial score (nSPS) is 25.7. The topological polar surface area (TPSA) is 61.6 Å². The van der Waals surface area contributed by atoms with Gasteiger partial charge in [-0.3, -0.25) is 10.1 Å². The van der Waals surface area contributed by atoms with Crippen LogP contribution in [0.4, 0.5) is 10.1 Å². The van der Waals surface area contributed by atoms with Crippen LogP contribution in [0.15, 0.2) is 18.2 Å². The summed E-state index contributed by atoms with van der Waals surface area (Å²) in [6.07, 6.45) is 0.294. The summed E-state index contributed by atoms with van der Waals surface area (Å²) in [6.45, 7) is 2.41. The second-order valence-electron chi connectivity index (χ2n) is 4.20. The van der Waals surface area contributed by atoms with E-state index in [2.05, 4.69) is 15.9 Å². The Hall–Kier alpha value is -1.21. The molecule has 3 unspecified atom stereocenters. The number of nitrogens with zero attached hydrogens (tertiary/aromatic N) is 1. The van der Waals surface area contributed by atoms with Gasteiger partial charge in [0.2, 0.25) is 0 Å². The van der Waals surface area contributed by atoms with Crippen LogP contribution in [0.25, 0.3) is 0 Å². The average molecular weight is 334 g/mol. The maximum absolute atomic E-state index is 13.0. The Bertz CT molecular complexity index is 485. The van der Waals surface area contributed by atoms with Crippen LogP contribution >= 0.6 is 15.9 Å². The van der Waals surface area contributed by atoms with Gasteiger partial charge in [0.05, 0.1) is 11.0 Å². The van der Waals surface area contributed by atoms with Crippen LogP contribution < -0.4 is 4.74 Å². The Morgan fingerprint density at radius 1 is 1.58 bits per heavy atom. The molecule has 19 heavy (non-hydrogen) atoms. The first kappa shape index (κ1) is 14.2. The lowest BCUT2D eigenvalue weighted by molar-refractivity contribution is -0.386. The molecule has 104 valence electrons. The maximum atomic E-state index is 13.0. The Morgan fingerprint density at radius 3 is 2.89 bits per heavy atom. The summed E-state index contributed by atoms with van der Waals surface area (Å²) in [5.41, 5.74) is -0.367. The van der Waals surface area contributed by atoms with Gasteiger partial charge in [0.15, 0.2) is 5.75 Å². The quantitative estimate of drug-likeness (QED) is 0.472. The zero-order chi connectivity index (χ0) is 14.0. The summed E-state index contributed by atoms with van der Waals surface area (Å²) in [5, 5.41) is 10.9. The fourth-order valence-electron chi connectivity index (χ4n) is 1.94. The third-order valence-corrected chi connectivity index (χ3v) is 3.83. The SMILES string of the molecule is CCOC1C(Br)CC1Oc1ccc(F)cc1[N+](=O)[O-]. The van der Waals surface area contributed by atoms with Crippen molar-refractivity contribution in [2.75, 3.05) is 6.61 Å². The standard InChI is InChI=1S/C12H13BrFNO4/c1-2-18-12-8(13)6-11(12)19-10-4-3-7(14)5-9(10)15(16)17/h3-5,8,11-12H,2,6H2,1H3. The molecule has 0 N–H and O–H groups in total. The van der Waals surface area contributed by atoms with Gasteiger partial charge in [-0.15, -0.1) is 0 Å². The predicted molar refractivity (Wildman–Crippen MR) is 70.2 cm³/mol. The van der Waals surface area contributed by atoms with E-state index in [4.69, 9.17) is 9.47 Å². The maximum Gasteiger partial charge on any atom is 0.313 e. The van der Waals surface area contributed by atoms with Crippen LogP contribution in [0.1, 0.15) is 13.3 Å². The lowest BCUT2D eigenvalue weighted by atomic mass is 9.91. The van der Waals surface area contributed by atoms with E-state index in [1.54, 1.807) is 0 Å². The molecule has 5 nitrogen and oxygen atoms in total. The number of rotatable bonds is 5. The Morgan fingerprint density at radius 2 is 2.32 bits per heavy atom. The molecule has 0 spiro atoms. The van der Waals surface area contributed by atoms with E-state index in [0.29, 0.717) is 13.0 Å². The minimum atomic E-state index is -0.660. The molecule has 3 atom stereocenters. The fourth-order valence-corrected chi connectivity index (χ4v) is 2.80. The lowest BCUT2D eigenvalue weighted by Gasteiger charge is -2.40. The molecule has 0 amide bonds.